The first kappa shape index (κ1) is 16.0. The van der Waals surface area contributed by atoms with Gasteiger partial charge in [0.05, 0.1) is 10.8 Å². The van der Waals surface area contributed by atoms with Gasteiger partial charge in [0.2, 0.25) is 10.0 Å². The number of hydrogen-bond donors (Lipinski definition) is 1. The Balaban J connectivity index is 2.25. The van der Waals surface area contributed by atoms with E-state index in [0.717, 1.165) is 11.1 Å². The summed E-state index contributed by atoms with van der Waals surface area (Å²) in [6.45, 7) is 1.92. The Bertz CT molecular complexity index is 669. The second-order valence-electron chi connectivity index (χ2n) is 4.79. The topological polar surface area (TPSA) is 46.2 Å². The molecule has 1 radical (unpaired) electrons. The highest BCUT2D eigenvalue weighted by Crippen LogP contribution is 2.22. The summed E-state index contributed by atoms with van der Waals surface area (Å²) >= 11 is 5.68. The molecule has 21 heavy (non-hydrogen) atoms. The van der Waals surface area contributed by atoms with Crippen LogP contribution in [0.25, 0.3) is 0 Å². The lowest BCUT2D eigenvalue weighted by molar-refractivity contribution is 0.556. The molecule has 0 aliphatic rings. The van der Waals surface area contributed by atoms with Crippen molar-refractivity contribution >= 4 is 21.6 Å². The van der Waals surface area contributed by atoms with Crippen LogP contribution in [0, 0.1) is 12.8 Å². The Morgan fingerprint density at radius 2 is 1.71 bits per heavy atom. The number of halogens is 1. The van der Waals surface area contributed by atoms with Crippen molar-refractivity contribution in [3.05, 3.63) is 71.6 Å². The van der Waals surface area contributed by atoms with E-state index in [4.69, 9.17) is 11.6 Å². The smallest absolute Gasteiger partial charge is 0.207 e. The third-order valence-corrected chi connectivity index (χ3v) is 4.82. The third kappa shape index (κ3) is 4.30. The maximum atomic E-state index is 12.4. The van der Waals surface area contributed by atoms with Gasteiger partial charge in [-0.15, -0.1) is 11.6 Å². The molecule has 0 saturated carbocycles. The Kier molecular flexibility index (Phi) is 5.39. The SMILES string of the molecule is Cc1ccc(S(=O)(=O)NC(C[CH]Cl)c2ccccc2)cc1. The van der Waals surface area contributed by atoms with E-state index < -0.39 is 10.0 Å². The lowest BCUT2D eigenvalue weighted by Crippen LogP contribution is -2.28. The first-order valence-corrected chi connectivity index (χ1v) is 8.51. The highest BCUT2D eigenvalue weighted by molar-refractivity contribution is 7.89. The van der Waals surface area contributed by atoms with Crippen molar-refractivity contribution in [1.29, 1.82) is 0 Å². The number of sulfonamides is 1. The maximum absolute atomic E-state index is 12.4. The predicted molar refractivity (Wildman–Crippen MR) is 85.5 cm³/mol. The quantitative estimate of drug-likeness (QED) is 0.879. The van der Waals surface area contributed by atoms with Crippen LogP contribution in [0.2, 0.25) is 0 Å². The molecule has 1 unspecified atom stereocenters. The van der Waals surface area contributed by atoms with Crippen molar-refractivity contribution in [3.63, 3.8) is 0 Å². The summed E-state index contributed by atoms with van der Waals surface area (Å²) in [5, 5.41) is 0. The molecule has 0 aliphatic carbocycles. The van der Waals surface area contributed by atoms with Gasteiger partial charge < -0.3 is 0 Å². The molecule has 0 saturated heterocycles. The van der Waals surface area contributed by atoms with Gasteiger partial charge in [-0.05, 0) is 31.0 Å². The summed E-state index contributed by atoms with van der Waals surface area (Å²) in [6.07, 6.45) is 0.413. The lowest BCUT2D eigenvalue weighted by Gasteiger charge is -2.18. The van der Waals surface area contributed by atoms with Crippen LogP contribution in [0.3, 0.4) is 0 Å². The van der Waals surface area contributed by atoms with Crippen LogP contribution >= 0.6 is 11.6 Å². The van der Waals surface area contributed by atoms with Crippen LogP contribution in [-0.4, -0.2) is 8.42 Å². The monoisotopic (exact) mass is 322 g/mol. The van der Waals surface area contributed by atoms with Crippen molar-refractivity contribution in [2.75, 3.05) is 0 Å². The number of nitrogens with one attached hydrogen (secondary N) is 1. The van der Waals surface area contributed by atoms with Crippen molar-refractivity contribution < 1.29 is 8.42 Å². The van der Waals surface area contributed by atoms with Gasteiger partial charge in [0.25, 0.3) is 0 Å². The van der Waals surface area contributed by atoms with Crippen LogP contribution in [0.15, 0.2) is 59.5 Å². The molecule has 5 heteroatoms. The molecular weight excluding hydrogens is 306 g/mol. The minimum absolute atomic E-state index is 0.253. The Morgan fingerprint density at radius 3 is 2.29 bits per heavy atom. The molecule has 1 atom stereocenters. The molecule has 1 N–H and O–H groups in total. The van der Waals surface area contributed by atoms with E-state index in [-0.39, 0.29) is 10.9 Å². The Hall–Kier alpha value is -1.36. The number of benzene rings is 2. The summed E-state index contributed by atoms with van der Waals surface area (Å²) in [5.74, 6) is 1.44. The maximum Gasteiger partial charge on any atom is 0.241 e. The average molecular weight is 323 g/mol. The largest absolute Gasteiger partial charge is 0.241 e. The van der Waals surface area contributed by atoms with E-state index in [2.05, 4.69) is 4.72 Å². The molecule has 111 valence electrons. The van der Waals surface area contributed by atoms with Gasteiger partial charge >= 0.3 is 0 Å². The Labute approximate surface area is 131 Å². The zero-order valence-electron chi connectivity index (χ0n) is 11.7. The molecule has 0 amide bonds. The fraction of sp³-hybridized carbons (Fsp3) is 0.188. The first-order valence-electron chi connectivity index (χ1n) is 6.59. The van der Waals surface area contributed by atoms with Crippen LogP contribution in [0.5, 0.6) is 0 Å². The molecule has 0 bridgehead atoms. The van der Waals surface area contributed by atoms with Crippen LogP contribution in [0.4, 0.5) is 0 Å². The van der Waals surface area contributed by atoms with Crippen molar-refractivity contribution in [2.24, 2.45) is 0 Å². The van der Waals surface area contributed by atoms with Crippen molar-refractivity contribution in [2.45, 2.75) is 24.3 Å². The average Bonchev–Trinajstić information content (AvgIpc) is 2.48. The highest BCUT2D eigenvalue weighted by Gasteiger charge is 2.20. The molecular formula is C16H17ClNO2S. The van der Waals surface area contributed by atoms with Gasteiger partial charge in [0.1, 0.15) is 0 Å². The summed E-state index contributed by atoms with van der Waals surface area (Å²) in [7, 11) is -3.58. The minimum atomic E-state index is -3.58. The fourth-order valence-corrected chi connectivity index (χ4v) is 3.41. The van der Waals surface area contributed by atoms with E-state index in [1.54, 1.807) is 24.3 Å². The molecule has 2 aromatic rings. The van der Waals surface area contributed by atoms with Gasteiger partial charge in [-0.2, -0.15) is 0 Å². The van der Waals surface area contributed by atoms with Gasteiger partial charge in [-0.3, -0.25) is 0 Å². The molecule has 2 rings (SSSR count). The van der Waals surface area contributed by atoms with Crippen molar-refractivity contribution in [1.82, 2.24) is 4.72 Å². The van der Waals surface area contributed by atoms with Crippen LogP contribution in [-0.2, 0) is 10.0 Å². The standard InChI is InChI=1S/C16H17ClNO2S/c1-13-7-9-15(10-8-13)21(19,20)18-16(11-12-17)14-5-3-2-4-6-14/h2-10,12,16,18H,11H2,1H3. The number of rotatable bonds is 6. The second-order valence-corrected chi connectivity index (χ2v) is 6.81. The normalized spacial score (nSPS) is 13.0. The molecule has 2 aromatic carbocycles. The lowest BCUT2D eigenvalue weighted by atomic mass is 10.1. The number of aryl methyl sites for hydroxylation is 1. The van der Waals surface area contributed by atoms with Gasteiger partial charge in [0.15, 0.2) is 0 Å². The molecule has 0 aromatic heterocycles. The summed E-state index contributed by atoms with van der Waals surface area (Å²) < 4.78 is 27.6. The van der Waals surface area contributed by atoms with Crippen molar-refractivity contribution in [3.8, 4) is 0 Å². The van der Waals surface area contributed by atoms with Gasteiger partial charge in [-0.25, -0.2) is 13.1 Å². The first-order chi connectivity index (χ1) is 10.0. The Morgan fingerprint density at radius 1 is 1.10 bits per heavy atom. The molecule has 0 heterocycles. The van der Waals surface area contributed by atoms with Crippen LogP contribution < -0.4 is 4.72 Å². The van der Waals surface area contributed by atoms with E-state index in [0.29, 0.717) is 6.42 Å². The van der Waals surface area contributed by atoms with Gasteiger partial charge in [0, 0.05) is 6.04 Å². The zero-order chi connectivity index (χ0) is 15.3. The second kappa shape index (κ2) is 7.07. The highest BCUT2D eigenvalue weighted by atomic mass is 35.5. The van der Waals surface area contributed by atoms with Gasteiger partial charge in [-0.1, -0.05) is 48.0 Å². The van der Waals surface area contributed by atoms with E-state index in [9.17, 15) is 8.42 Å². The minimum Gasteiger partial charge on any atom is -0.207 e. The summed E-state index contributed by atoms with van der Waals surface area (Å²) in [5.41, 5.74) is 1.90. The zero-order valence-corrected chi connectivity index (χ0v) is 13.2. The van der Waals surface area contributed by atoms with E-state index in [1.165, 1.54) is 5.88 Å². The van der Waals surface area contributed by atoms with Crippen LogP contribution in [0.1, 0.15) is 23.6 Å². The summed E-state index contributed by atoms with van der Waals surface area (Å²) in [4.78, 5) is 0.253. The molecule has 0 fully saturated rings. The summed E-state index contributed by atoms with van der Waals surface area (Å²) in [6, 6.07) is 15.8. The van der Waals surface area contributed by atoms with E-state index >= 15 is 0 Å². The number of hydrogen-bond acceptors (Lipinski definition) is 2. The third-order valence-electron chi connectivity index (χ3n) is 3.16. The fourth-order valence-electron chi connectivity index (χ4n) is 2.00. The molecule has 0 aliphatic heterocycles. The molecule has 0 spiro atoms. The van der Waals surface area contributed by atoms with E-state index in [1.807, 2.05) is 37.3 Å². The molecule has 3 nitrogen and oxygen atoms in total. The predicted octanol–water partition coefficient (Wildman–Crippen LogP) is 3.81.